The highest BCUT2D eigenvalue weighted by molar-refractivity contribution is 5.92. The lowest BCUT2D eigenvalue weighted by atomic mass is 9.81. The first-order chi connectivity index (χ1) is 15.7. The van der Waals surface area contributed by atoms with Crippen molar-refractivity contribution in [2.75, 3.05) is 14.2 Å². The molecule has 4 amide bonds. The molecule has 6 unspecified atom stereocenters. The summed E-state index contributed by atoms with van der Waals surface area (Å²) in [5, 5.41) is 7.61. The third-order valence-corrected chi connectivity index (χ3v) is 6.04. The van der Waals surface area contributed by atoms with E-state index in [2.05, 4.69) is 15.9 Å². The monoisotopic (exact) mass is 471 g/mol. The van der Waals surface area contributed by atoms with Crippen LogP contribution >= 0.6 is 0 Å². The maximum Gasteiger partial charge on any atom is 0.243 e. The van der Waals surface area contributed by atoms with E-state index in [-0.39, 0.29) is 24.5 Å². The number of nitrogens with two attached hydrogens (primary N) is 1. The number of nitrogens with zero attached hydrogens (tertiary/aromatic N) is 1. The first-order valence-electron chi connectivity index (χ1n) is 11.2. The zero-order valence-electron chi connectivity index (χ0n) is 19.8. The molecule has 0 aromatic carbocycles. The van der Waals surface area contributed by atoms with E-state index in [9.17, 15) is 24.1 Å². The highest BCUT2D eigenvalue weighted by Crippen LogP contribution is 2.31. The minimum absolute atomic E-state index is 0.0399. The van der Waals surface area contributed by atoms with Crippen LogP contribution in [0.1, 0.15) is 58.8 Å². The van der Waals surface area contributed by atoms with Gasteiger partial charge in [0.25, 0.3) is 0 Å². The standard InChI is InChI=1S/C21H37N5O7/c1-5-6-14(11-18(27)25-26-31)20(29)24-15(21(30)23-12(2)19(22)28)9-13-7-8-16(32-3)17(10-13)33-4/h12-17H,5-11H2,1-4H3,(H2,22,28)(H,23,30)(H,24,29)(H,25,27,31). The molecular formula is C21H37N5O7. The quantitative estimate of drug-likeness (QED) is 0.207. The van der Waals surface area contributed by atoms with Crippen molar-refractivity contribution in [1.82, 2.24) is 16.1 Å². The van der Waals surface area contributed by atoms with Gasteiger partial charge in [-0.05, 0) is 44.9 Å². The molecule has 0 bridgehead atoms. The summed E-state index contributed by atoms with van der Waals surface area (Å²) in [4.78, 5) is 59.3. The Kier molecular flexibility index (Phi) is 12.5. The Morgan fingerprint density at radius 2 is 1.73 bits per heavy atom. The van der Waals surface area contributed by atoms with Gasteiger partial charge in [0.05, 0.1) is 17.5 Å². The van der Waals surface area contributed by atoms with Gasteiger partial charge in [-0.1, -0.05) is 13.3 Å². The molecular weight excluding hydrogens is 434 g/mol. The summed E-state index contributed by atoms with van der Waals surface area (Å²) in [5.41, 5.74) is 7.04. The minimum atomic E-state index is -0.937. The van der Waals surface area contributed by atoms with Crippen molar-refractivity contribution in [2.24, 2.45) is 22.9 Å². The molecule has 0 aromatic heterocycles. The average molecular weight is 472 g/mol. The summed E-state index contributed by atoms with van der Waals surface area (Å²) in [5.74, 6) is -3.08. The molecule has 0 heterocycles. The molecule has 33 heavy (non-hydrogen) atoms. The Bertz CT molecular complexity index is 690. The molecule has 12 heteroatoms. The van der Waals surface area contributed by atoms with Gasteiger partial charge in [-0.3, -0.25) is 19.2 Å². The summed E-state index contributed by atoms with van der Waals surface area (Å²) in [6.07, 6.45) is 3.08. The first-order valence-corrected chi connectivity index (χ1v) is 11.2. The number of nitroso groups, excluding NO2 is 1. The summed E-state index contributed by atoms with van der Waals surface area (Å²) < 4.78 is 11.0. The average Bonchev–Trinajstić information content (AvgIpc) is 2.78. The van der Waals surface area contributed by atoms with Crippen LogP contribution in [0.5, 0.6) is 0 Å². The number of methoxy groups -OCH3 is 2. The van der Waals surface area contributed by atoms with Gasteiger partial charge in [-0.2, -0.15) is 0 Å². The molecule has 1 saturated carbocycles. The van der Waals surface area contributed by atoms with Gasteiger partial charge in [-0.25, -0.2) is 5.43 Å². The fourth-order valence-corrected chi connectivity index (χ4v) is 4.15. The number of carbonyl (C=O) groups excluding carboxylic acids is 4. The number of hydrogen-bond donors (Lipinski definition) is 4. The van der Waals surface area contributed by atoms with Gasteiger partial charge in [0.15, 0.2) is 0 Å². The lowest BCUT2D eigenvalue weighted by Crippen LogP contribution is -2.54. The van der Waals surface area contributed by atoms with E-state index < -0.39 is 41.6 Å². The van der Waals surface area contributed by atoms with E-state index in [4.69, 9.17) is 15.2 Å². The van der Waals surface area contributed by atoms with E-state index in [1.807, 2.05) is 6.92 Å². The molecule has 1 fully saturated rings. The number of carbonyl (C=O) groups is 4. The second-order valence-corrected chi connectivity index (χ2v) is 8.47. The van der Waals surface area contributed by atoms with Crippen molar-refractivity contribution in [3.8, 4) is 0 Å². The van der Waals surface area contributed by atoms with Gasteiger partial charge < -0.3 is 25.8 Å². The molecule has 6 atom stereocenters. The highest BCUT2D eigenvalue weighted by atomic mass is 16.5. The molecule has 1 rings (SSSR count). The smallest absolute Gasteiger partial charge is 0.243 e. The zero-order valence-corrected chi connectivity index (χ0v) is 19.8. The lowest BCUT2D eigenvalue weighted by molar-refractivity contribution is -0.135. The third kappa shape index (κ3) is 9.42. The van der Waals surface area contributed by atoms with Crippen LogP contribution in [0.2, 0.25) is 0 Å². The second-order valence-electron chi connectivity index (χ2n) is 8.47. The van der Waals surface area contributed by atoms with Crippen molar-refractivity contribution in [3.05, 3.63) is 4.91 Å². The fraction of sp³-hybridized carbons (Fsp3) is 0.810. The van der Waals surface area contributed by atoms with Crippen LogP contribution in [0.4, 0.5) is 0 Å². The number of rotatable bonds is 14. The number of amides is 4. The van der Waals surface area contributed by atoms with Crippen molar-refractivity contribution in [3.63, 3.8) is 0 Å². The Balaban J connectivity index is 2.97. The molecule has 188 valence electrons. The van der Waals surface area contributed by atoms with E-state index in [0.717, 1.165) is 12.8 Å². The van der Waals surface area contributed by atoms with Crippen molar-refractivity contribution in [2.45, 2.75) is 83.1 Å². The fourth-order valence-electron chi connectivity index (χ4n) is 4.15. The maximum atomic E-state index is 13.0. The Hall–Kier alpha value is -2.60. The topological polar surface area (TPSA) is 178 Å². The number of hydrogen-bond acceptors (Lipinski definition) is 8. The van der Waals surface area contributed by atoms with E-state index in [0.29, 0.717) is 25.7 Å². The molecule has 1 aliphatic rings. The second kappa shape index (κ2) is 14.5. The van der Waals surface area contributed by atoms with Crippen LogP contribution in [0, 0.1) is 16.7 Å². The summed E-state index contributed by atoms with van der Waals surface area (Å²) in [6, 6.07) is -1.85. The van der Waals surface area contributed by atoms with Gasteiger partial charge in [0.1, 0.15) is 12.1 Å². The molecule has 1 aliphatic carbocycles. The van der Waals surface area contributed by atoms with Crippen LogP contribution in [0.15, 0.2) is 5.29 Å². The third-order valence-electron chi connectivity index (χ3n) is 6.04. The van der Waals surface area contributed by atoms with E-state index in [1.165, 1.54) is 6.92 Å². The van der Waals surface area contributed by atoms with Crippen molar-refractivity contribution in [1.29, 1.82) is 0 Å². The molecule has 0 aliphatic heterocycles. The number of primary amides is 1. The van der Waals surface area contributed by atoms with Crippen molar-refractivity contribution < 1.29 is 28.7 Å². The Morgan fingerprint density at radius 3 is 2.27 bits per heavy atom. The molecule has 0 saturated heterocycles. The van der Waals surface area contributed by atoms with Gasteiger partial charge >= 0.3 is 0 Å². The van der Waals surface area contributed by atoms with Crippen LogP contribution in [0.25, 0.3) is 0 Å². The predicted octanol–water partition coefficient (Wildman–Crippen LogP) is 0.285. The molecule has 0 radical (unpaired) electrons. The van der Waals surface area contributed by atoms with Gasteiger partial charge in [0, 0.05) is 26.6 Å². The van der Waals surface area contributed by atoms with Crippen LogP contribution in [-0.4, -0.2) is 62.1 Å². The maximum absolute atomic E-state index is 13.0. The lowest BCUT2D eigenvalue weighted by Gasteiger charge is -2.36. The first kappa shape index (κ1) is 28.4. The van der Waals surface area contributed by atoms with Gasteiger partial charge in [-0.15, -0.1) is 4.91 Å². The van der Waals surface area contributed by atoms with Crippen LogP contribution in [-0.2, 0) is 28.7 Å². The summed E-state index contributed by atoms with van der Waals surface area (Å²) >= 11 is 0. The van der Waals surface area contributed by atoms with Crippen LogP contribution in [0.3, 0.4) is 0 Å². The Morgan fingerprint density at radius 1 is 1.06 bits per heavy atom. The highest BCUT2D eigenvalue weighted by Gasteiger charge is 2.35. The predicted molar refractivity (Wildman–Crippen MR) is 119 cm³/mol. The number of nitrogens with one attached hydrogen (secondary N) is 3. The normalized spacial score (nSPS) is 23.0. The molecule has 5 N–H and O–H groups in total. The van der Waals surface area contributed by atoms with E-state index in [1.54, 1.807) is 19.6 Å². The largest absolute Gasteiger partial charge is 0.379 e. The SMILES string of the molecule is CCCC(CC(=O)NN=O)C(=O)NC(CC1CCC(OC)C(OC)C1)C(=O)NC(C)C(N)=O. The molecule has 0 spiro atoms. The zero-order chi connectivity index (χ0) is 25.0. The van der Waals surface area contributed by atoms with Crippen LogP contribution < -0.4 is 21.8 Å². The summed E-state index contributed by atoms with van der Waals surface area (Å²) in [6.45, 7) is 3.31. The van der Waals surface area contributed by atoms with Gasteiger partial charge in [0.2, 0.25) is 23.6 Å². The minimum Gasteiger partial charge on any atom is -0.379 e. The molecule has 12 nitrogen and oxygen atoms in total. The number of ether oxygens (including phenoxy) is 2. The summed E-state index contributed by atoms with van der Waals surface area (Å²) in [7, 11) is 3.23. The van der Waals surface area contributed by atoms with Crippen molar-refractivity contribution >= 4 is 23.6 Å². The van der Waals surface area contributed by atoms with E-state index >= 15 is 0 Å². The molecule has 0 aromatic rings. The Labute approximate surface area is 194 Å².